The smallest absolute Gasteiger partial charge is 0.262 e. The van der Waals surface area contributed by atoms with Crippen molar-refractivity contribution in [2.75, 3.05) is 0 Å². The molecule has 0 fully saturated rings. The highest BCUT2D eigenvalue weighted by Crippen LogP contribution is 2.42. The predicted molar refractivity (Wildman–Crippen MR) is 110 cm³/mol. The fourth-order valence-corrected chi connectivity index (χ4v) is 7.81. The maximum atomic E-state index is 13.0. The molecule has 6 rings (SSSR count). The van der Waals surface area contributed by atoms with Crippen LogP contribution in [0.3, 0.4) is 0 Å². The van der Waals surface area contributed by atoms with Gasteiger partial charge in [-0.25, -0.2) is 15.0 Å². The number of hydrogen-bond donors (Lipinski definition) is 0. The fourth-order valence-electron chi connectivity index (χ4n) is 4.26. The summed E-state index contributed by atoms with van der Waals surface area (Å²) in [6.45, 7) is 0. The van der Waals surface area contributed by atoms with Gasteiger partial charge >= 0.3 is 0 Å². The second-order valence-electron chi connectivity index (χ2n) is 7.11. The molecule has 0 bridgehead atoms. The van der Waals surface area contributed by atoms with Crippen LogP contribution in [-0.4, -0.2) is 19.5 Å². The number of rotatable bonds is 2. The summed E-state index contributed by atoms with van der Waals surface area (Å²) in [6, 6.07) is 0. The van der Waals surface area contributed by atoms with E-state index in [0.717, 1.165) is 52.2 Å². The zero-order chi connectivity index (χ0) is 18.1. The van der Waals surface area contributed by atoms with Crippen molar-refractivity contribution < 1.29 is 0 Å². The lowest BCUT2D eigenvalue weighted by atomic mass is 10.2. The molecule has 0 saturated heterocycles. The second kappa shape index (κ2) is 5.86. The van der Waals surface area contributed by atoms with E-state index in [2.05, 4.69) is 9.97 Å². The van der Waals surface area contributed by atoms with Crippen LogP contribution in [0.25, 0.3) is 20.4 Å². The summed E-state index contributed by atoms with van der Waals surface area (Å²) < 4.78 is 1.69. The summed E-state index contributed by atoms with van der Waals surface area (Å²) in [4.78, 5) is 31.7. The first-order valence-electron chi connectivity index (χ1n) is 9.15. The van der Waals surface area contributed by atoms with Crippen molar-refractivity contribution in [3.8, 4) is 0 Å². The molecule has 0 aliphatic heterocycles. The zero-order valence-corrected chi connectivity index (χ0v) is 17.2. The Kier molecular flexibility index (Phi) is 3.52. The van der Waals surface area contributed by atoms with E-state index in [1.54, 1.807) is 33.6 Å². The predicted octanol–water partition coefficient (Wildman–Crippen LogP) is 4.13. The molecule has 4 heterocycles. The first kappa shape index (κ1) is 16.2. The van der Waals surface area contributed by atoms with E-state index in [1.165, 1.54) is 44.5 Å². The van der Waals surface area contributed by atoms with Gasteiger partial charge in [0, 0.05) is 22.2 Å². The first-order chi connectivity index (χ1) is 13.2. The quantitative estimate of drug-likeness (QED) is 0.366. The topological polar surface area (TPSA) is 60.7 Å². The molecule has 27 heavy (non-hydrogen) atoms. The van der Waals surface area contributed by atoms with Gasteiger partial charge < -0.3 is 0 Å². The number of aromatic nitrogens is 4. The molecule has 0 saturated carbocycles. The summed E-state index contributed by atoms with van der Waals surface area (Å²) in [5.41, 5.74) is 2.71. The summed E-state index contributed by atoms with van der Waals surface area (Å²) >= 11 is 4.97. The third-order valence-corrected chi connectivity index (χ3v) is 9.00. The molecule has 4 aromatic rings. The molecule has 0 radical (unpaired) electrons. The van der Waals surface area contributed by atoms with Crippen molar-refractivity contribution in [3.05, 3.63) is 37.6 Å². The van der Waals surface area contributed by atoms with E-state index in [4.69, 9.17) is 4.98 Å². The lowest BCUT2D eigenvalue weighted by Crippen LogP contribution is -2.20. The molecule has 8 heteroatoms. The van der Waals surface area contributed by atoms with Gasteiger partial charge in [-0.05, 0) is 61.4 Å². The van der Waals surface area contributed by atoms with Crippen LogP contribution in [0.15, 0.2) is 21.3 Å². The molecule has 0 unspecified atom stereocenters. The minimum atomic E-state index is 0.0720. The molecule has 2 aliphatic rings. The Morgan fingerprint density at radius 2 is 1.67 bits per heavy atom. The van der Waals surface area contributed by atoms with Gasteiger partial charge in [0.15, 0.2) is 5.16 Å². The highest BCUT2D eigenvalue weighted by Gasteiger charge is 2.25. The average molecular weight is 413 g/mol. The Balaban J connectivity index is 1.53. The molecule has 2 aliphatic carbocycles. The van der Waals surface area contributed by atoms with Crippen LogP contribution >= 0.6 is 34.4 Å². The SMILES string of the molecule is Cn1c(Sc2ncnc3sc4c(c23)CCC4)nc2sc3c(c2c1=O)CCC3. The third kappa shape index (κ3) is 2.30. The molecule has 5 nitrogen and oxygen atoms in total. The maximum Gasteiger partial charge on any atom is 0.262 e. The summed E-state index contributed by atoms with van der Waals surface area (Å²) in [5, 5.41) is 3.64. The van der Waals surface area contributed by atoms with Crippen molar-refractivity contribution in [2.24, 2.45) is 7.05 Å². The highest BCUT2D eigenvalue weighted by atomic mass is 32.2. The van der Waals surface area contributed by atoms with Gasteiger partial charge in [0.25, 0.3) is 5.56 Å². The van der Waals surface area contributed by atoms with E-state index in [9.17, 15) is 4.79 Å². The molecule has 0 aromatic carbocycles. The van der Waals surface area contributed by atoms with Gasteiger partial charge in [0.1, 0.15) is 21.0 Å². The van der Waals surface area contributed by atoms with Crippen molar-refractivity contribution in [1.82, 2.24) is 19.5 Å². The largest absolute Gasteiger partial charge is 0.290 e. The molecule has 0 amide bonds. The van der Waals surface area contributed by atoms with E-state index >= 15 is 0 Å². The summed E-state index contributed by atoms with van der Waals surface area (Å²) in [5.74, 6) is 0. The van der Waals surface area contributed by atoms with E-state index in [0.29, 0.717) is 5.16 Å². The Labute approximate surface area is 167 Å². The van der Waals surface area contributed by atoms with E-state index < -0.39 is 0 Å². The van der Waals surface area contributed by atoms with Crippen molar-refractivity contribution >= 4 is 54.9 Å². The van der Waals surface area contributed by atoms with Gasteiger partial charge in [-0.1, -0.05) is 0 Å². The molecular formula is C19H16N4OS3. The van der Waals surface area contributed by atoms with Crippen LogP contribution in [0.4, 0.5) is 0 Å². The van der Waals surface area contributed by atoms with Crippen LogP contribution < -0.4 is 5.56 Å². The Hall–Kier alpha value is -1.77. The van der Waals surface area contributed by atoms with Crippen LogP contribution in [0, 0.1) is 0 Å². The van der Waals surface area contributed by atoms with Crippen LogP contribution in [-0.2, 0) is 32.7 Å². The van der Waals surface area contributed by atoms with Crippen LogP contribution in [0.2, 0.25) is 0 Å². The number of aryl methyl sites for hydroxylation is 4. The van der Waals surface area contributed by atoms with Gasteiger partial charge in [0.2, 0.25) is 0 Å². The maximum absolute atomic E-state index is 13.0. The lowest BCUT2D eigenvalue weighted by molar-refractivity contribution is 0.726. The van der Waals surface area contributed by atoms with E-state index in [1.807, 2.05) is 7.05 Å². The summed E-state index contributed by atoms with van der Waals surface area (Å²) in [6.07, 6.45) is 8.32. The van der Waals surface area contributed by atoms with Crippen molar-refractivity contribution in [3.63, 3.8) is 0 Å². The number of fused-ring (bicyclic) bond motifs is 6. The molecule has 136 valence electrons. The normalized spacial score (nSPS) is 15.7. The molecule has 4 aromatic heterocycles. The van der Waals surface area contributed by atoms with Crippen LogP contribution in [0.1, 0.15) is 33.7 Å². The molecular weight excluding hydrogens is 396 g/mol. The van der Waals surface area contributed by atoms with Crippen molar-refractivity contribution in [1.29, 1.82) is 0 Å². The lowest BCUT2D eigenvalue weighted by Gasteiger charge is -2.08. The standard InChI is InChI=1S/C19H16N4OS3/c1-23-18(24)14-10-5-3-7-12(10)26-17(14)22-19(23)27-16-13-9-4-2-6-11(9)25-15(13)20-8-21-16/h8H,2-7H2,1H3. The first-order valence-corrected chi connectivity index (χ1v) is 11.6. The van der Waals surface area contributed by atoms with Gasteiger partial charge in [-0.3, -0.25) is 9.36 Å². The summed E-state index contributed by atoms with van der Waals surface area (Å²) in [7, 11) is 1.83. The second-order valence-corrected chi connectivity index (χ2v) is 10.2. The monoisotopic (exact) mass is 412 g/mol. The van der Waals surface area contributed by atoms with Gasteiger partial charge in [-0.2, -0.15) is 0 Å². The van der Waals surface area contributed by atoms with Gasteiger partial charge in [0.05, 0.1) is 5.39 Å². The van der Waals surface area contributed by atoms with Gasteiger partial charge in [-0.15, -0.1) is 22.7 Å². The Bertz CT molecular complexity index is 1300. The van der Waals surface area contributed by atoms with Crippen molar-refractivity contribution in [2.45, 2.75) is 48.7 Å². The number of nitrogens with zero attached hydrogens (tertiary/aromatic N) is 4. The Morgan fingerprint density at radius 1 is 0.963 bits per heavy atom. The van der Waals surface area contributed by atoms with E-state index in [-0.39, 0.29) is 5.56 Å². The minimum Gasteiger partial charge on any atom is -0.290 e. The zero-order valence-electron chi connectivity index (χ0n) is 14.7. The third-order valence-electron chi connectivity index (χ3n) is 5.56. The Morgan fingerprint density at radius 3 is 2.44 bits per heavy atom. The van der Waals surface area contributed by atoms with Crippen LogP contribution in [0.5, 0.6) is 0 Å². The average Bonchev–Trinajstić information content (AvgIpc) is 3.38. The fraction of sp³-hybridized carbons (Fsp3) is 0.368. The number of thiophene rings is 2. The molecule has 0 spiro atoms. The minimum absolute atomic E-state index is 0.0720. The highest BCUT2D eigenvalue weighted by molar-refractivity contribution is 7.99. The molecule has 0 N–H and O–H groups in total. The molecule has 0 atom stereocenters. The number of hydrogen-bond acceptors (Lipinski definition) is 7.